The summed E-state index contributed by atoms with van der Waals surface area (Å²) in [5.41, 5.74) is 1.40. The van der Waals surface area contributed by atoms with E-state index in [0.29, 0.717) is 6.04 Å². The molecule has 0 amide bonds. The quantitative estimate of drug-likeness (QED) is 0.868. The Hall–Kier alpha value is -0.340. The van der Waals surface area contributed by atoms with Crippen LogP contribution in [0.15, 0.2) is 28.7 Å². The fourth-order valence-corrected chi connectivity index (χ4v) is 3.30. The first-order valence-corrected chi connectivity index (χ1v) is 7.02. The van der Waals surface area contributed by atoms with Crippen molar-refractivity contribution >= 4 is 15.9 Å². The van der Waals surface area contributed by atoms with Gasteiger partial charge in [0.2, 0.25) is 0 Å². The summed E-state index contributed by atoms with van der Waals surface area (Å²) >= 11 is 3.65. The smallest absolute Gasteiger partial charge is 0.0331 e. The average molecular weight is 282 g/mol. The van der Waals surface area contributed by atoms with Crippen LogP contribution in [0.2, 0.25) is 0 Å². The first kappa shape index (κ1) is 12.1. The molecule has 1 atom stereocenters. The van der Waals surface area contributed by atoms with E-state index in [4.69, 9.17) is 0 Å². The highest BCUT2D eigenvalue weighted by Crippen LogP contribution is 2.34. The van der Waals surface area contributed by atoms with E-state index in [1.807, 2.05) is 0 Å². The van der Waals surface area contributed by atoms with Gasteiger partial charge in [0.25, 0.3) is 0 Å². The molecule has 2 heteroatoms. The van der Waals surface area contributed by atoms with Crippen molar-refractivity contribution in [2.75, 3.05) is 7.05 Å². The van der Waals surface area contributed by atoms with Crippen molar-refractivity contribution in [1.29, 1.82) is 0 Å². The van der Waals surface area contributed by atoms with Crippen molar-refractivity contribution in [1.82, 2.24) is 5.32 Å². The minimum atomic E-state index is 0.499. The summed E-state index contributed by atoms with van der Waals surface area (Å²) < 4.78 is 1.23. The molecule has 1 aromatic rings. The molecular formula is C14H20BrN. The molecule has 1 aromatic carbocycles. The first-order valence-electron chi connectivity index (χ1n) is 6.23. The maximum absolute atomic E-state index is 3.65. The van der Waals surface area contributed by atoms with Gasteiger partial charge in [-0.2, -0.15) is 0 Å². The third-order valence-corrected chi connectivity index (χ3v) is 4.40. The van der Waals surface area contributed by atoms with Crippen molar-refractivity contribution in [3.05, 3.63) is 34.3 Å². The highest BCUT2D eigenvalue weighted by atomic mass is 79.9. The number of benzene rings is 1. The zero-order chi connectivity index (χ0) is 11.4. The van der Waals surface area contributed by atoms with Gasteiger partial charge in [0.05, 0.1) is 0 Å². The predicted octanol–water partition coefficient (Wildman–Crippen LogP) is 4.29. The third-order valence-electron chi connectivity index (χ3n) is 3.67. The van der Waals surface area contributed by atoms with Gasteiger partial charge in [-0.3, -0.25) is 0 Å². The molecule has 0 spiro atoms. The Balaban J connectivity index is 2.06. The Labute approximate surface area is 107 Å². The molecule has 0 saturated heterocycles. The van der Waals surface area contributed by atoms with E-state index < -0.39 is 0 Å². The number of hydrogen-bond donors (Lipinski definition) is 1. The summed E-state index contributed by atoms with van der Waals surface area (Å²) in [6, 6.07) is 9.06. The molecule has 16 heavy (non-hydrogen) atoms. The molecule has 1 unspecified atom stereocenters. The zero-order valence-corrected chi connectivity index (χ0v) is 11.5. The summed E-state index contributed by atoms with van der Waals surface area (Å²) in [5.74, 6) is 0.921. The fourth-order valence-electron chi connectivity index (χ4n) is 2.74. The minimum Gasteiger partial charge on any atom is -0.313 e. The van der Waals surface area contributed by atoms with Gasteiger partial charge in [-0.25, -0.2) is 0 Å². The molecule has 0 aliphatic heterocycles. The Morgan fingerprint density at radius 1 is 1.31 bits per heavy atom. The van der Waals surface area contributed by atoms with E-state index in [1.54, 1.807) is 0 Å². The number of nitrogens with one attached hydrogen (secondary N) is 1. The van der Waals surface area contributed by atoms with E-state index in [0.717, 1.165) is 5.92 Å². The van der Waals surface area contributed by atoms with Crippen molar-refractivity contribution in [2.45, 2.75) is 38.1 Å². The summed E-state index contributed by atoms with van der Waals surface area (Å²) in [7, 11) is 2.07. The molecule has 1 aliphatic carbocycles. The molecule has 1 N–H and O–H groups in total. The van der Waals surface area contributed by atoms with Crippen LogP contribution in [0.25, 0.3) is 0 Å². The summed E-state index contributed by atoms with van der Waals surface area (Å²) in [6.45, 7) is 0. The van der Waals surface area contributed by atoms with Crippen LogP contribution in [0.5, 0.6) is 0 Å². The van der Waals surface area contributed by atoms with Crippen LogP contribution in [0.1, 0.15) is 43.7 Å². The summed E-state index contributed by atoms with van der Waals surface area (Å²) in [4.78, 5) is 0. The van der Waals surface area contributed by atoms with E-state index in [-0.39, 0.29) is 0 Å². The van der Waals surface area contributed by atoms with E-state index in [2.05, 4.69) is 52.6 Å². The van der Waals surface area contributed by atoms with E-state index in [9.17, 15) is 0 Å². The predicted molar refractivity (Wildman–Crippen MR) is 72.5 cm³/mol. The second kappa shape index (κ2) is 5.83. The van der Waals surface area contributed by atoms with Gasteiger partial charge in [0.15, 0.2) is 0 Å². The number of hydrogen-bond acceptors (Lipinski definition) is 1. The third kappa shape index (κ3) is 2.86. The molecule has 0 radical (unpaired) electrons. The lowest BCUT2D eigenvalue weighted by molar-refractivity contribution is 0.412. The Morgan fingerprint density at radius 2 is 2.00 bits per heavy atom. The van der Waals surface area contributed by atoms with E-state index in [1.165, 1.54) is 42.1 Å². The maximum atomic E-state index is 3.65. The molecule has 88 valence electrons. The van der Waals surface area contributed by atoms with Crippen LogP contribution < -0.4 is 5.32 Å². The molecule has 1 aliphatic rings. The number of halogens is 1. The van der Waals surface area contributed by atoms with Gasteiger partial charge >= 0.3 is 0 Å². The van der Waals surface area contributed by atoms with Crippen molar-refractivity contribution < 1.29 is 0 Å². The van der Waals surface area contributed by atoms with Gasteiger partial charge in [0.1, 0.15) is 0 Å². The SMILES string of the molecule is CNC(CC1CCCC1)c1ccccc1Br. The van der Waals surface area contributed by atoms with Crippen LogP contribution in [0.3, 0.4) is 0 Å². The van der Waals surface area contributed by atoms with Crippen LogP contribution in [-0.2, 0) is 0 Å². The molecule has 0 heterocycles. The molecular weight excluding hydrogens is 262 g/mol. The lowest BCUT2D eigenvalue weighted by atomic mass is 9.94. The molecule has 1 saturated carbocycles. The van der Waals surface area contributed by atoms with Gasteiger partial charge in [-0.05, 0) is 31.0 Å². The normalized spacial score (nSPS) is 18.9. The molecule has 1 fully saturated rings. The molecule has 0 aromatic heterocycles. The standard InChI is InChI=1S/C14H20BrN/c1-16-14(10-11-6-2-3-7-11)12-8-4-5-9-13(12)15/h4-5,8-9,11,14,16H,2-3,6-7,10H2,1H3. The second-order valence-electron chi connectivity index (χ2n) is 4.75. The molecule has 0 bridgehead atoms. The highest BCUT2D eigenvalue weighted by molar-refractivity contribution is 9.10. The van der Waals surface area contributed by atoms with Crippen molar-refractivity contribution in [3.63, 3.8) is 0 Å². The van der Waals surface area contributed by atoms with Gasteiger partial charge < -0.3 is 5.32 Å². The maximum Gasteiger partial charge on any atom is 0.0331 e. The highest BCUT2D eigenvalue weighted by Gasteiger charge is 2.21. The minimum absolute atomic E-state index is 0.499. The van der Waals surface area contributed by atoms with Crippen LogP contribution in [0.4, 0.5) is 0 Å². The van der Waals surface area contributed by atoms with Crippen LogP contribution >= 0.6 is 15.9 Å². The van der Waals surface area contributed by atoms with Crippen molar-refractivity contribution in [3.8, 4) is 0 Å². The summed E-state index contributed by atoms with van der Waals surface area (Å²) in [6.07, 6.45) is 6.97. The lowest BCUT2D eigenvalue weighted by Gasteiger charge is -2.21. The largest absolute Gasteiger partial charge is 0.313 e. The Bertz CT molecular complexity index is 331. The van der Waals surface area contributed by atoms with Gasteiger partial charge in [-0.1, -0.05) is 59.8 Å². The first-order chi connectivity index (χ1) is 7.81. The zero-order valence-electron chi connectivity index (χ0n) is 9.88. The van der Waals surface area contributed by atoms with E-state index >= 15 is 0 Å². The number of rotatable bonds is 4. The van der Waals surface area contributed by atoms with Gasteiger partial charge in [0, 0.05) is 10.5 Å². The molecule has 1 nitrogen and oxygen atoms in total. The van der Waals surface area contributed by atoms with Crippen LogP contribution in [-0.4, -0.2) is 7.05 Å². The van der Waals surface area contributed by atoms with Crippen LogP contribution in [0, 0.1) is 5.92 Å². The topological polar surface area (TPSA) is 12.0 Å². The Morgan fingerprint density at radius 3 is 2.62 bits per heavy atom. The second-order valence-corrected chi connectivity index (χ2v) is 5.60. The molecule has 2 rings (SSSR count). The lowest BCUT2D eigenvalue weighted by Crippen LogP contribution is -2.19. The van der Waals surface area contributed by atoms with Crippen molar-refractivity contribution in [2.24, 2.45) is 5.92 Å². The summed E-state index contributed by atoms with van der Waals surface area (Å²) in [5, 5.41) is 3.46. The average Bonchev–Trinajstić information content (AvgIpc) is 2.80. The Kier molecular flexibility index (Phi) is 4.42. The fraction of sp³-hybridized carbons (Fsp3) is 0.571. The monoisotopic (exact) mass is 281 g/mol. The van der Waals surface area contributed by atoms with Gasteiger partial charge in [-0.15, -0.1) is 0 Å².